The van der Waals surface area contributed by atoms with Crippen LogP contribution < -0.4 is 4.90 Å². The second kappa shape index (κ2) is 7.68. The number of rotatable bonds is 5. The Kier molecular flexibility index (Phi) is 5.15. The maximum Gasteiger partial charge on any atom is 0.257 e. The Hall–Kier alpha value is -2.68. The minimum absolute atomic E-state index is 0.0143. The van der Waals surface area contributed by atoms with E-state index >= 15 is 0 Å². The molecular weight excluding hydrogens is 414 g/mol. The smallest absolute Gasteiger partial charge is 0.257 e. The minimum Gasteiger partial charge on any atom is -0.325 e. The summed E-state index contributed by atoms with van der Waals surface area (Å²) in [5.74, 6) is 1.36. The Morgan fingerprint density at radius 2 is 1.64 bits per heavy atom. The van der Waals surface area contributed by atoms with Crippen molar-refractivity contribution in [1.29, 1.82) is 5.26 Å². The highest BCUT2D eigenvalue weighted by atomic mass is 16.2. The van der Waals surface area contributed by atoms with E-state index < -0.39 is 11.6 Å². The van der Waals surface area contributed by atoms with Gasteiger partial charge in [-0.3, -0.25) is 14.4 Å². The third-order valence-corrected chi connectivity index (χ3v) is 8.92. The van der Waals surface area contributed by atoms with Gasteiger partial charge in [0, 0.05) is 5.54 Å². The van der Waals surface area contributed by atoms with Crippen LogP contribution in [0.1, 0.15) is 77.7 Å². The van der Waals surface area contributed by atoms with Crippen molar-refractivity contribution in [1.82, 2.24) is 4.90 Å². The average molecular weight is 448 g/mol. The first-order chi connectivity index (χ1) is 15.7. The van der Waals surface area contributed by atoms with E-state index in [9.17, 15) is 14.4 Å². The summed E-state index contributed by atoms with van der Waals surface area (Å²) in [5, 5.41) is 9.07. The van der Waals surface area contributed by atoms with Crippen LogP contribution in [0.3, 0.4) is 0 Å². The molecule has 0 aromatic heterocycles. The predicted molar refractivity (Wildman–Crippen MR) is 124 cm³/mol. The number of carbonyl (C=O) groups excluding carboxylic acids is 3. The molecule has 0 N–H and O–H groups in total. The number of amides is 3. The van der Waals surface area contributed by atoms with Gasteiger partial charge in [-0.05, 0) is 101 Å². The maximum absolute atomic E-state index is 14.4. The number of carbonyl (C=O) groups is 3. The Morgan fingerprint density at radius 1 is 1.09 bits per heavy atom. The van der Waals surface area contributed by atoms with Crippen molar-refractivity contribution in [2.24, 2.45) is 23.2 Å². The summed E-state index contributed by atoms with van der Waals surface area (Å²) in [6.07, 6.45) is 7.26. The Bertz CT molecular complexity index is 1000. The van der Waals surface area contributed by atoms with Crippen molar-refractivity contribution in [3.63, 3.8) is 0 Å². The van der Waals surface area contributed by atoms with Gasteiger partial charge in [-0.2, -0.15) is 5.26 Å². The molecule has 4 bridgehead atoms. The first-order valence-electron chi connectivity index (χ1n) is 12.4. The van der Waals surface area contributed by atoms with Gasteiger partial charge in [0.05, 0.1) is 29.2 Å². The normalized spacial score (nSPS) is 32.8. The molecule has 6 heteroatoms. The number of nitriles is 1. The molecule has 5 fully saturated rings. The van der Waals surface area contributed by atoms with Gasteiger partial charge < -0.3 is 4.90 Å². The highest BCUT2D eigenvalue weighted by Gasteiger charge is 2.59. The van der Waals surface area contributed by atoms with Gasteiger partial charge in [-0.15, -0.1) is 0 Å². The fourth-order valence-electron chi connectivity index (χ4n) is 7.41. The van der Waals surface area contributed by atoms with Gasteiger partial charge in [-0.25, -0.2) is 4.90 Å². The first-order valence-corrected chi connectivity index (χ1v) is 12.4. The van der Waals surface area contributed by atoms with Crippen molar-refractivity contribution in [3.8, 4) is 6.07 Å². The molecule has 4 saturated carbocycles. The van der Waals surface area contributed by atoms with Crippen LogP contribution in [-0.4, -0.2) is 34.2 Å². The predicted octanol–water partition coefficient (Wildman–Crippen LogP) is 4.42. The van der Waals surface area contributed by atoms with Crippen LogP contribution in [0.4, 0.5) is 5.69 Å². The number of hydrogen-bond donors (Lipinski definition) is 0. The quantitative estimate of drug-likeness (QED) is 0.626. The molecular formula is C27H33N3O3. The lowest BCUT2D eigenvalue weighted by Crippen LogP contribution is -2.62. The molecule has 1 aromatic carbocycles. The van der Waals surface area contributed by atoms with E-state index in [2.05, 4.69) is 6.07 Å². The molecule has 0 radical (unpaired) electrons. The number of benzene rings is 1. The Balaban J connectivity index is 1.48. The second-order valence-electron chi connectivity index (χ2n) is 11.5. The summed E-state index contributed by atoms with van der Waals surface area (Å²) >= 11 is 0. The van der Waals surface area contributed by atoms with Gasteiger partial charge in [0.1, 0.15) is 6.04 Å². The molecule has 174 valence electrons. The molecule has 0 spiro atoms. The zero-order valence-corrected chi connectivity index (χ0v) is 19.8. The standard InChI is InChI=1S/C27H33N3O3/c1-4-26(2,3)30(25(33)27-13-18-9-19(14-27)11-20(10-18)15-27)22-12-23(31)29(24(22)32)21-7-5-17(16-28)6-8-21/h5-8,18-20,22H,4,9-15H2,1-3H3. The summed E-state index contributed by atoms with van der Waals surface area (Å²) in [4.78, 5) is 44.1. The zero-order chi connectivity index (χ0) is 23.5. The molecule has 3 amide bonds. The van der Waals surface area contributed by atoms with Gasteiger partial charge in [0.15, 0.2) is 0 Å². The topological polar surface area (TPSA) is 81.5 Å². The van der Waals surface area contributed by atoms with E-state index in [1.54, 1.807) is 24.3 Å². The molecule has 1 saturated heterocycles. The van der Waals surface area contributed by atoms with Crippen LogP contribution in [0, 0.1) is 34.5 Å². The zero-order valence-electron chi connectivity index (χ0n) is 19.8. The average Bonchev–Trinajstić information content (AvgIpc) is 3.06. The molecule has 1 heterocycles. The van der Waals surface area contributed by atoms with Crippen LogP contribution >= 0.6 is 0 Å². The van der Waals surface area contributed by atoms with Crippen molar-refractivity contribution in [3.05, 3.63) is 29.8 Å². The number of anilines is 1. The largest absolute Gasteiger partial charge is 0.325 e. The van der Waals surface area contributed by atoms with E-state index in [1.165, 1.54) is 24.2 Å². The molecule has 1 aromatic rings. The lowest BCUT2D eigenvalue weighted by molar-refractivity contribution is -0.168. The minimum atomic E-state index is -0.774. The monoisotopic (exact) mass is 447 g/mol. The van der Waals surface area contributed by atoms with Crippen LogP contribution in [0.15, 0.2) is 24.3 Å². The van der Waals surface area contributed by atoms with Crippen LogP contribution in [-0.2, 0) is 14.4 Å². The summed E-state index contributed by atoms with van der Waals surface area (Å²) in [6.45, 7) is 6.08. The lowest BCUT2D eigenvalue weighted by Gasteiger charge is -2.58. The fraction of sp³-hybridized carbons (Fsp3) is 0.630. The third-order valence-electron chi connectivity index (χ3n) is 8.92. The lowest BCUT2D eigenvalue weighted by atomic mass is 9.49. The van der Waals surface area contributed by atoms with Crippen molar-refractivity contribution < 1.29 is 14.4 Å². The van der Waals surface area contributed by atoms with Crippen LogP contribution in [0.5, 0.6) is 0 Å². The molecule has 6 rings (SSSR count). The SMILES string of the molecule is CCC(C)(C)N(C(=O)C12CC3CC(CC(C3)C1)C2)C1CC(=O)N(c2ccc(C#N)cc2)C1=O. The molecule has 1 atom stereocenters. The molecule has 33 heavy (non-hydrogen) atoms. The van der Waals surface area contributed by atoms with Crippen LogP contribution in [0.25, 0.3) is 0 Å². The summed E-state index contributed by atoms with van der Waals surface area (Å²) in [6, 6.07) is 7.77. The van der Waals surface area contributed by atoms with E-state index in [0.29, 0.717) is 35.4 Å². The Labute approximate surface area is 195 Å². The molecule has 5 aliphatic rings. The highest BCUT2D eigenvalue weighted by Crippen LogP contribution is 2.61. The number of hydrogen-bond acceptors (Lipinski definition) is 4. The number of nitrogens with zero attached hydrogens (tertiary/aromatic N) is 3. The molecule has 6 nitrogen and oxygen atoms in total. The molecule has 4 aliphatic carbocycles. The van der Waals surface area contributed by atoms with Crippen molar-refractivity contribution in [2.75, 3.05) is 4.90 Å². The highest BCUT2D eigenvalue weighted by molar-refractivity contribution is 6.23. The van der Waals surface area contributed by atoms with Crippen molar-refractivity contribution in [2.45, 2.75) is 83.7 Å². The molecule has 1 unspecified atom stereocenters. The van der Waals surface area contributed by atoms with E-state index in [0.717, 1.165) is 19.3 Å². The molecule has 1 aliphatic heterocycles. The van der Waals surface area contributed by atoms with Gasteiger partial charge >= 0.3 is 0 Å². The second-order valence-corrected chi connectivity index (χ2v) is 11.5. The summed E-state index contributed by atoms with van der Waals surface area (Å²) in [5.41, 5.74) is 0.0387. The summed E-state index contributed by atoms with van der Waals surface area (Å²) < 4.78 is 0. The van der Waals surface area contributed by atoms with E-state index in [1.807, 2.05) is 25.7 Å². The van der Waals surface area contributed by atoms with Gasteiger partial charge in [0.2, 0.25) is 11.8 Å². The third kappa shape index (κ3) is 3.48. The Morgan fingerprint density at radius 3 is 2.12 bits per heavy atom. The van der Waals surface area contributed by atoms with Gasteiger partial charge in [-0.1, -0.05) is 6.92 Å². The van der Waals surface area contributed by atoms with Gasteiger partial charge in [0.25, 0.3) is 5.91 Å². The van der Waals surface area contributed by atoms with Crippen molar-refractivity contribution >= 4 is 23.4 Å². The van der Waals surface area contributed by atoms with E-state index in [-0.39, 0.29) is 29.6 Å². The number of imide groups is 1. The summed E-state index contributed by atoms with van der Waals surface area (Å²) in [7, 11) is 0. The van der Waals surface area contributed by atoms with E-state index in [4.69, 9.17) is 5.26 Å². The fourth-order valence-corrected chi connectivity index (χ4v) is 7.41. The maximum atomic E-state index is 14.4. The first kappa shape index (κ1) is 22.1. The van der Waals surface area contributed by atoms with Crippen LogP contribution in [0.2, 0.25) is 0 Å².